The summed E-state index contributed by atoms with van der Waals surface area (Å²) in [6.07, 6.45) is 3.45. The molecule has 5 nitrogen and oxygen atoms in total. The predicted molar refractivity (Wildman–Crippen MR) is 113 cm³/mol. The molecule has 1 aliphatic rings. The number of fused-ring (bicyclic) bond motifs is 1. The SMILES string of the molecule is CN1/C(=C\C(=O)CSc2nncn2-c2ccccc2)C(C)(C)c2ccccc21. The first kappa shape index (κ1) is 18.5. The Labute approximate surface area is 169 Å². The molecule has 6 heteroatoms. The second kappa shape index (κ2) is 7.28. The molecule has 0 bridgehead atoms. The van der Waals surface area contributed by atoms with Crippen LogP contribution in [0.4, 0.5) is 5.69 Å². The zero-order valence-corrected chi connectivity index (χ0v) is 17.0. The summed E-state index contributed by atoms with van der Waals surface area (Å²) < 4.78 is 1.90. The Kier molecular flexibility index (Phi) is 4.81. The van der Waals surface area contributed by atoms with Gasteiger partial charge in [-0.15, -0.1) is 10.2 Å². The number of ketones is 1. The third kappa shape index (κ3) is 3.24. The fraction of sp³-hybridized carbons (Fsp3) is 0.227. The summed E-state index contributed by atoms with van der Waals surface area (Å²) in [7, 11) is 2.02. The van der Waals surface area contributed by atoms with E-state index in [1.165, 1.54) is 17.3 Å². The fourth-order valence-electron chi connectivity index (χ4n) is 3.68. The van der Waals surface area contributed by atoms with Gasteiger partial charge >= 0.3 is 0 Å². The zero-order chi connectivity index (χ0) is 19.7. The predicted octanol–water partition coefficient (Wildman–Crippen LogP) is 4.24. The number of para-hydroxylation sites is 2. The van der Waals surface area contributed by atoms with Crippen LogP contribution in [0.15, 0.2) is 77.9 Å². The van der Waals surface area contributed by atoms with Crippen LogP contribution in [-0.2, 0) is 10.2 Å². The summed E-state index contributed by atoms with van der Waals surface area (Å²) >= 11 is 1.40. The lowest BCUT2D eigenvalue weighted by Crippen LogP contribution is -2.24. The van der Waals surface area contributed by atoms with Crippen LogP contribution in [0.3, 0.4) is 0 Å². The molecule has 0 fully saturated rings. The van der Waals surface area contributed by atoms with Crippen molar-refractivity contribution in [3.63, 3.8) is 0 Å². The van der Waals surface area contributed by atoms with Gasteiger partial charge in [0.25, 0.3) is 0 Å². The van der Waals surface area contributed by atoms with Gasteiger partial charge in [-0.3, -0.25) is 9.36 Å². The summed E-state index contributed by atoms with van der Waals surface area (Å²) in [4.78, 5) is 14.9. The van der Waals surface area contributed by atoms with Crippen LogP contribution in [-0.4, -0.2) is 33.3 Å². The number of aromatic nitrogens is 3. The van der Waals surface area contributed by atoms with Crippen LogP contribution in [0.25, 0.3) is 5.69 Å². The van der Waals surface area contributed by atoms with Crippen molar-refractivity contribution in [1.82, 2.24) is 14.8 Å². The molecule has 0 saturated heterocycles. The van der Waals surface area contributed by atoms with E-state index in [1.807, 2.05) is 54.1 Å². The maximum Gasteiger partial charge on any atom is 0.196 e. The van der Waals surface area contributed by atoms with E-state index in [-0.39, 0.29) is 11.2 Å². The Morgan fingerprint density at radius 1 is 1.11 bits per heavy atom. The van der Waals surface area contributed by atoms with Crippen molar-refractivity contribution in [3.05, 3.63) is 78.3 Å². The lowest BCUT2D eigenvalue weighted by molar-refractivity contribution is -0.112. The van der Waals surface area contributed by atoms with E-state index in [0.717, 1.165) is 17.1 Å². The van der Waals surface area contributed by atoms with Crippen LogP contribution in [0, 0.1) is 0 Å². The molecule has 0 amide bonds. The number of carbonyl (C=O) groups excluding carboxylic acids is 1. The van der Waals surface area contributed by atoms with Gasteiger partial charge in [0.15, 0.2) is 10.9 Å². The molecule has 0 spiro atoms. The van der Waals surface area contributed by atoms with Gasteiger partial charge in [-0.05, 0) is 23.8 Å². The zero-order valence-electron chi connectivity index (χ0n) is 16.2. The van der Waals surface area contributed by atoms with Gasteiger partial charge in [0, 0.05) is 35.6 Å². The highest BCUT2D eigenvalue weighted by Crippen LogP contribution is 2.46. The number of anilines is 1. The Bertz CT molecular complexity index is 1040. The second-order valence-electron chi connectivity index (χ2n) is 7.30. The van der Waals surface area contributed by atoms with Gasteiger partial charge in [0.1, 0.15) is 6.33 Å². The molecule has 0 N–H and O–H groups in total. The fourth-order valence-corrected chi connectivity index (χ4v) is 4.43. The van der Waals surface area contributed by atoms with Gasteiger partial charge in [0.05, 0.1) is 5.75 Å². The molecule has 3 aromatic rings. The molecule has 1 aromatic heterocycles. The van der Waals surface area contributed by atoms with Gasteiger partial charge in [-0.2, -0.15) is 0 Å². The van der Waals surface area contributed by atoms with Crippen LogP contribution < -0.4 is 4.90 Å². The molecule has 1 aliphatic heterocycles. The Balaban J connectivity index is 1.51. The van der Waals surface area contributed by atoms with Crippen LogP contribution in [0.5, 0.6) is 0 Å². The minimum Gasteiger partial charge on any atom is -0.347 e. The van der Waals surface area contributed by atoms with Crippen molar-refractivity contribution in [2.24, 2.45) is 0 Å². The van der Waals surface area contributed by atoms with Gasteiger partial charge in [0.2, 0.25) is 0 Å². The first-order valence-electron chi connectivity index (χ1n) is 9.15. The molecule has 0 radical (unpaired) electrons. The average Bonchev–Trinajstić information content (AvgIpc) is 3.25. The lowest BCUT2D eigenvalue weighted by Gasteiger charge is -2.23. The monoisotopic (exact) mass is 390 g/mol. The van der Waals surface area contributed by atoms with Crippen molar-refractivity contribution >= 4 is 23.2 Å². The van der Waals surface area contributed by atoms with Crippen LogP contribution >= 0.6 is 11.8 Å². The van der Waals surface area contributed by atoms with E-state index < -0.39 is 0 Å². The molecular formula is C22H22N4OS. The van der Waals surface area contributed by atoms with Gasteiger partial charge < -0.3 is 4.90 Å². The minimum atomic E-state index is -0.199. The highest BCUT2D eigenvalue weighted by Gasteiger charge is 2.38. The van der Waals surface area contributed by atoms with Gasteiger partial charge in [-0.25, -0.2) is 0 Å². The highest BCUT2D eigenvalue weighted by atomic mass is 32.2. The van der Waals surface area contributed by atoms with Crippen molar-refractivity contribution in [2.45, 2.75) is 24.4 Å². The van der Waals surface area contributed by atoms with Crippen LogP contribution in [0.2, 0.25) is 0 Å². The second-order valence-corrected chi connectivity index (χ2v) is 8.25. The normalized spacial score (nSPS) is 16.4. The van der Waals surface area contributed by atoms with E-state index >= 15 is 0 Å². The van der Waals surface area contributed by atoms with Crippen LogP contribution in [0.1, 0.15) is 19.4 Å². The number of thioether (sulfide) groups is 1. The first-order chi connectivity index (χ1) is 13.5. The molecule has 2 aromatic carbocycles. The quantitative estimate of drug-likeness (QED) is 0.482. The molecule has 0 atom stereocenters. The first-order valence-corrected chi connectivity index (χ1v) is 10.1. The number of benzene rings is 2. The largest absolute Gasteiger partial charge is 0.347 e. The molecule has 4 rings (SSSR count). The number of rotatable bonds is 5. The van der Waals surface area contributed by atoms with Crippen molar-refractivity contribution in [3.8, 4) is 5.69 Å². The number of likely N-dealkylation sites (N-methyl/N-ethyl adjacent to an activating group) is 1. The molecule has 0 aliphatic carbocycles. The molecule has 2 heterocycles. The summed E-state index contributed by atoms with van der Waals surface area (Å²) in [6, 6.07) is 18.2. The Hall–Kier alpha value is -2.86. The van der Waals surface area contributed by atoms with Crippen molar-refractivity contribution < 1.29 is 4.79 Å². The number of hydrogen-bond donors (Lipinski definition) is 0. The standard InChI is InChI=1S/C22H22N4OS/c1-22(2)18-11-7-8-12-19(18)25(3)20(22)13-17(27)14-28-21-24-23-15-26(21)16-9-5-4-6-10-16/h4-13,15H,14H2,1-3H3/b20-13-. The number of carbonyl (C=O) groups is 1. The highest BCUT2D eigenvalue weighted by molar-refractivity contribution is 7.99. The molecule has 142 valence electrons. The smallest absolute Gasteiger partial charge is 0.196 e. The third-order valence-corrected chi connectivity index (χ3v) is 6.10. The van der Waals surface area contributed by atoms with Crippen molar-refractivity contribution in [1.29, 1.82) is 0 Å². The molecule has 0 saturated carbocycles. The maximum atomic E-state index is 12.7. The maximum absolute atomic E-state index is 12.7. The van der Waals surface area contributed by atoms with E-state index in [1.54, 1.807) is 12.4 Å². The summed E-state index contributed by atoms with van der Waals surface area (Å²) in [5, 5.41) is 8.87. The number of hydrogen-bond acceptors (Lipinski definition) is 5. The summed E-state index contributed by atoms with van der Waals surface area (Å²) in [6.45, 7) is 4.32. The number of allylic oxidation sites excluding steroid dienone is 2. The number of nitrogens with zero attached hydrogens (tertiary/aromatic N) is 4. The van der Waals surface area contributed by atoms with E-state index in [4.69, 9.17) is 0 Å². The Morgan fingerprint density at radius 2 is 1.82 bits per heavy atom. The Morgan fingerprint density at radius 3 is 2.57 bits per heavy atom. The van der Waals surface area contributed by atoms with E-state index in [2.05, 4.69) is 41.1 Å². The van der Waals surface area contributed by atoms with E-state index in [9.17, 15) is 4.79 Å². The molecule has 28 heavy (non-hydrogen) atoms. The minimum absolute atomic E-state index is 0.0651. The third-order valence-electron chi connectivity index (χ3n) is 5.13. The van der Waals surface area contributed by atoms with Crippen molar-refractivity contribution in [2.75, 3.05) is 17.7 Å². The average molecular weight is 391 g/mol. The topological polar surface area (TPSA) is 51.0 Å². The van der Waals surface area contributed by atoms with Gasteiger partial charge in [-0.1, -0.05) is 62.0 Å². The summed E-state index contributed by atoms with van der Waals surface area (Å²) in [5.74, 6) is 0.380. The van der Waals surface area contributed by atoms with E-state index in [0.29, 0.717) is 10.9 Å². The molecule has 0 unspecified atom stereocenters. The summed E-state index contributed by atoms with van der Waals surface area (Å²) in [5.41, 5.74) is 4.20. The molecular weight excluding hydrogens is 368 g/mol. The lowest BCUT2D eigenvalue weighted by atomic mass is 9.83.